The number of tetrazole rings is 1. The lowest BCUT2D eigenvalue weighted by Crippen LogP contribution is -2.26. The summed E-state index contributed by atoms with van der Waals surface area (Å²) in [5.74, 6) is 0.798. The summed E-state index contributed by atoms with van der Waals surface area (Å²) in [7, 11) is 0. The molecule has 0 radical (unpaired) electrons. The van der Waals surface area contributed by atoms with Crippen LogP contribution >= 0.6 is 0 Å². The molecule has 0 unspecified atom stereocenters. The molecule has 0 aliphatic rings. The van der Waals surface area contributed by atoms with Gasteiger partial charge < -0.3 is 5.32 Å². The normalized spacial score (nSPS) is 11.8. The van der Waals surface area contributed by atoms with Crippen LogP contribution in [0.4, 0.5) is 5.69 Å². The first-order chi connectivity index (χ1) is 11.8. The van der Waals surface area contributed by atoms with E-state index in [0.717, 1.165) is 22.9 Å². The molecule has 0 saturated carbocycles. The van der Waals surface area contributed by atoms with Crippen molar-refractivity contribution in [1.82, 2.24) is 30.0 Å². The number of hydrogen-bond donors (Lipinski definition) is 1. The van der Waals surface area contributed by atoms with E-state index in [1.54, 1.807) is 0 Å². The van der Waals surface area contributed by atoms with Crippen molar-refractivity contribution >= 4 is 5.69 Å². The number of nitrogens with one attached hydrogen (secondary N) is 1. The molecule has 3 aromatic rings. The van der Waals surface area contributed by atoms with Gasteiger partial charge in [-0.15, -0.1) is 5.10 Å². The van der Waals surface area contributed by atoms with Gasteiger partial charge in [-0.3, -0.25) is 0 Å². The molecule has 0 amide bonds. The zero-order valence-corrected chi connectivity index (χ0v) is 15.7. The van der Waals surface area contributed by atoms with E-state index in [1.165, 1.54) is 11.1 Å². The quantitative estimate of drug-likeness (QED) is 0.790. The Bertz CT molecular complexity index is 883. The lowest BCUT2D eigenvalue weighted by molar-refractivity contribution is 0.336. The molecule has 0 atom stereocenters. The first kappa shape index (κ1) is 17.1. The Hall–Kier alpha value is -2.70. The van der Waals surface area contributed by atoms with Crippen LogP contribution in [0.1, 0.15) is 43.4 Å². The molecule has 0 saturated heterocycles. The molecule has 132 valence electrons. The second-order valence-electron chi connectivity index (χ2n) is 7.38. The monoisotopic (exact) mass is 339 g/mol. The average molecular weight is 339 g/mol. The van der Waals surface area contributed by atoms with E-state index in [9.17, 15) is 0 Å². The number of hydrogen-bond acceptors (Lipinski definition) is 5. The molecular formula is C18H25N7. The Morgan fingerprint density at radius 1 is 1.12 bits per heavy atom. The highest BCUT2D eigenvalue weighted by Crippen LogP contribution is 2.22. The summed E-state index contributed by atoms with van der Waals surface area (Å²) in [6, 6.07) is 6.39. The fraction of sp³-hybridized carbons (Fsp3) is 0.444. The molecule has 3 rings (SSSR count). The minimum absolute atomic E-state index is 0.154. The van der Waals surface area contributed by atoms with Gasteiger partial charge in [0.1, 0.15) is 0 Å². The maximum atomic E-state index is 4.55. The summed E-state index contributed by atoms with van der Waals surface area (Å²) in [4.78, 5) is 0. The van der Waals surface area contributed by atoms with Crippen molar-refractivity contribution in [1.29, 1.82) is 0 Å². The second kappa shape index (κ2) is 6.31. The van der Waals surface area contributed by atoms with Crippen LogP contribution in [0.5, 0.6) is 0 Å². The van der Waals surface area contributed by atoms with Crippen molar-refractivity contribution in [3.63, 3.8) is 0 Å². The van der Waals surface area contributed by atoms with Gasteiger partial charge in [0.2, 0.25) is 0 Å². The highest BCUT2D eigenvalue weighted by atomic mass is 15.6. The maximum absolute atomic E-state index is 4.55. The highest BCUT2D eigenvalue weighted by Gasteiger charge is 2.20. The summed E-state index contributed by atoms with van der Waals surface area (Å²) >= 11 is 0. The predicted molar refractivity (Wildman–Crippen MR) is 97.9 cm³/mol. The smallest absolute Gasteiger partial charge is 0.170 e. The fourth-order valence-corrected chi connectivity index (χ4v) is 2.79. The Kier molecular flexibility index (Phi) is 4.32. The third-order valence-corrected chi connectivity index (χ3v) is 4.21. The standard InChI is InChI=1S/C18H25N7/c1-12-7-8-13(2)16(9-12)24-14(3)15(10-20-24)19-11-17-21-22-23-25(17)18(4,5)6/h7-10,19H,11H2,1-6H3. The van der Waals surface area contributed by atoms with Crippen LogP contribution in [0.2, 0.25) is 0 Å². The van der Waals surface area contributed by atoms with Crippen molar-refractivity contribution in [3.05, 3.63) is 47.0 Å². The van der Waals surface area contributed by atoms with Crippen molar-refractivity contribution in [2.75, 3.05) is 5.32 Å². The molecule has 1 N–H and O–H groups in total. The van der Waals surface area contributed by atoms with Gasteiger partial charge in [0.25, 0.3) is 0 Å². The first-order valence-electron chi connectivity index (χ1n) is 8.41. The average Bonchev–Trinajstić information content (AvgIpc) is 3.14. The van der Waals surface area contributed by atoms with Crippen LogP contribution in [-0.4, -0.2) is 30.0 Å². The number of aryl methyl sites for hydroxylation is 2. The van der Waals surface area contributed by atoms with E-state index in [1.807, 2.05) is 15.6 Å². The number of anilines is 1. The molecule has 0 spiro atoms. The van der Waals surface area contributed by atoms with Crippen LogP contribution in [0.15, 0.2) is 24.4 Å². The highest BCUT2D eigenvalue weighted by molar-refractivity contribution is 5.52. The van der Waals surface area contributed by atoms with E-state index in [-0.39, 0.29) is 5.54 Å². The van der Waals surface area contributed by atoms with Gasteiger partial charge in [-0.25, -0.2) is 9.36 Å². The summed E-state index contributed by atoms with van der Waals surface area (Å²) in [6.07, 6.45) is 1.85. The van der Waals surface area contributed by atoms with Crippen LogP contribution in [0.25, 0.3) is 5.69 Å². The van der Waals surface area contributed by atoms with Gasteiger partial charge in [-0.1, -0.05) is 12.1 Å². The molecule has 0 aliphatic carbocycles. The maximum Gasteiger partial charge on any atom is 0.170 e. The largest absolute Gasteiger partial charge is 0.375 e. The molecule has 0 bridgehead atoms. The zero-order valence-electron chi connectivity index (χ0n) is 15.7. The molecule has 0 aliphatic heterocycles. The third-order valence-electron chi connectivity index (χ3n) is 4.21. The van der Waals surface area contributed by atoms with Crippen LogP contribution in [-0.2, 0) is 12.1 Å². The Balaban J connectivity index is 1.83. The van der Waals surface area contributed by atoms with E-state index in [4.69, 9.17) is 0 Å². The van der Waals surface area contributed by atoms with Crippen LogP contribution in [0.3, 0.4) is 0 Å². The van der Waals surface area contributed by atoms with Crippen LogP contribution < -0.4 is 5.32 Å². The fourth-order valence-electron chi connectivity index (χ4n) is 2.79. The molecule has 2 heterocycles. The molecule has 7 nitrogen and oxygen atoms in total. The SMILES string of the molecule is Cc1ccc(C)c(-n2ncc(NCc3nnnn3C(C)(C)C)c2C)c1. The van der Waals surface area contributed by atoms with Gasteiger partial charge in [-0.05, 0) is 69.2 Å². The summed E-state index contributed by atoms with van der Waals surface area (Å²) < 4.78 is 3.81. The van der Waals surface area contributed by atoms with Crippen molar-refractivity contribution in [3.8, 4) is 5.69 Å². The molecule has 25 heavy (non-hydrogen) atoms. The Morgan fingerprint density at radius 2 is 1.88 bits per heavy atom. The molecular weight excluding hydrogens is 314 g/mol. The van der Waals surface area contributed by atoms with Gasteiger partial charge in [0, 0.05) is 0 Å². The number of benzene rings is 1. The Labute approximate surface area is 148 Å². The minimum atomic E-state index is -0.154. The molecule has 1 aromatic carbocycles. The number of rotatable bonds is 4. The zero-order chi connectivity index (χ0) is 18.2. The van der Waals surface area contributed by atoms with Crippen molar-refractivity contribution in [2.24, 2.45) is 0 Å². The second-order valence-corrected chi connectivity index (χ2v) is 7.38. The van der Waals surface area contributed by atoms with Crippen LogP contribution in [0, 0.1) is 20.8 Å². The van der Waals surface area contributed by atoms with Gasteiger partial charge in [0.05, 0.1) is 35.3 Å². The lowest BCUT2D eigenvalue weighted by Gasteiger charge is -2.20. The Morgan fingerprint density at radius 3 is 2.60 bits per heavy atom. The van der Waals surface area contributed by atoms with E-state index in [0.29, 0.717) is 6.54 Å². The van der Waals surface area contributed by atoms with E-state index < -0.39 is 0 Å². The predicted octanol–water partition coefficient (Wildman–Crippen LogP) is 3.15. The van der Waals surface area contributed by atoms with E-state index >= 15 is 0 Å². The third kappa shape index (κ3) is 3.40. The number of aromatic nitrogens is 6. The first-order valence-corrected chi connectivity index (χ1v) is 8.41. The van der Waals surface area contributed by atoms with Gasteiger partial charge in [0.15, 0.2) is 5.82 Å². The van der Waals surface area contributed by atoms with Crippen molar-refractivity contribution < 1.29 is 0 Å². The molecule has 2 aromatic heterocycles. The van der Waals surface area contributed by atoms with Crippen molar-refractivity contribution in [2.45, 2.75) is 53.6 Å². The minimum Gasteiger partial charge on any atom is -0.375 e. The van der Waals surface area contributed by atoms with E-state index in [2.05, 4.69) is 85.7 Å². The molecule has 7 heteroatoms. The van der Waals surface area contributed by atoms with Gasteiger partial charge >= 0.3 is 0 Å². The molecule has 0 fully saturated rings. The number of nitrogens with zero attached hydrogens (tertiary/aromatic N) is 6. The summed E-state index contributed by atoms with van der Waals surface area (Å²) in [5, 5.41) is 20.0. The topological polar surface area (TPSA) is 73.5 Å². The summed E-state index contributed by atoms with van der Waals surface area (Å²) in [6.45, 7) is 13.0. The summed E-state index contributed by atoms with van der Waals surface area (Å²) in [5.41, 5.74) is 5.39. The van der Waals surface area contributed by atoms with Gasteiger partial charge in [-0.2, -0.15) is 5.10 Å². The lowest BCUT2D eigenvalue weighted by atomic mass is 10.1.